The predicted octanol–water partition coefficient (Wildman–Crippen LogP) is 3.53. The number of hydrogen-bond donors (Lipinski definition) is 3. The molecule has 0 bridgehead atoms. The minimum atomic E-state index is -0.731. The summed E-state index contributed by atoms with van der Waals surface area (Å²) in [7, 11) is 0. The van der Waals surface area contributed by atoms with Gasteiger partial charge in [0.2, 0.25) is 5.91 Å². The first-order chi connectivity index (χ1) is 16.5. The van der Waals surface area contributed by atoms with Crippen LogP contribution in [0.4, 0.5) is 4.79 Å². The normalized spacial score (nSPS) is 30.0. The van der Waals surface area contributed by atoms with Gasteiger partial charge in [0.1, 0.15) is 6.61 Å². The van der Waals surface area contributed by atoms with Gasteiger partial charge in [0, 0.05) is 24.4 Å². The summed E-state index contributed by atoms with van der Waals surface area (Å²) in [6.07, 6.45) is 2.30. The first-order valence-electron chi connectivity index (χ1n) is 12.1. The molecule has 3 fully saturated rings. The molecule has 0 radical (unpaired) electrons. The maximum atomic E-state index is 12.5. The Morgan fingerprint density at radius 3 is 2.29 bits per heavy atom. The van der Waals surface area contributed by atoms with E-state index >= 15 is 0 Å². The third-order valence-corrected chi connectivity index (χ3v) is 8.30. The van der Waals surface area contributed by atoms with Gasteiger partial charge < -0.3 is 20.5 Å². The van der Waals surface area contributed by atoms with Crippen molar-refractivity contribution in [3.63, 3.8) is 0 Å². The van der Waals surface area contributed by atoms with E-state index in [0.29, 0.717) is 13.0 Å². The van der Waals surface area contributed by atoms with Gasteiger partial charge >= 0.3 is 12.1 Å². The highest BCUT2D eigenvalue weighted by molar-refractivity contribution is 5.83. The lowest BCUT2D eigenvalue weighted by Gasteiger charge is -2.16. The maximum absolute atomic E-state index is 12.5. The zero-order valence-corrected chi connectivity index (χ0v) is 18.8. The van der Waals surface area contributed by atoms with Crippen LogP contribution >= 0.6 is 0 Å². The topological polar surface area (TPSA) is 105 Å². The van der Waals surface area contributed by atoms with Crippen LogP contribution in [0.2, 0.25) is 0 Å². The number of carbonyl (C=O) groups is 3. The Kier molecular flexibility index (Phi) is 4.90. The second-order valence-electron chi connectivity index (χ2n) is 10.3. The molecule has 7 nitrogen and oxygen atoms in total. The molecular formula is C27H28N2O5. The van der Waals surface area contributed by atoms with E-state index in [1.54, 1.807) is 0 Å². The number of hydrogen-bond acceptors (Lipinski definition) is 4. The number of amides is 2. The maximum Gasteiger partial charge on any atom is 0.407 e. The Labute approximate surface area is 197 Å². The van der Waals surface area contributed by atoms with Crippen LogP contribution in [0.25, 0.3) is 11.1 Å². The Morgan fingerprint density at radius 1 is 0.971 bits per heavy atom. The summed E-state index contributed by atoms with van der Waals surface area (Å²) in [6.45, 7) is 0.670. The van der Waals surface area contributed by atoms with Crippen LogP contribution in [0.3, 0.4) is 0 Å². The molecule has 7 heteroatoms. The molecule has 0 heterocycles. The Morgan fingerprint density at radius 2 is 1.65 bits per heavy atom. The number of rotatable bonds is 7. The van der Waals surface area contributed by atoms with Gasteiger partial charge in [-0.25, -0.2) is 4.79 Å². The molecule has 5 atom stereocenters. The molecule has 2 aromatic rings. The van der Waals surface area contributed by atoms with Gasteiger partial charge in [-0.15, -0.1) is 0 Å². The lowest BCUT2D eigenvalue weighted by atomic mass is 9.98. The largest absolute Gasteiger partial charge is 0.481 e. The van der Waals surface area contributed by atoms with Crippen molar-refractivity contribution in [3.05, 3.63) is 59.7 Å². The number of carboxylic acid groups (broad SMARTS) is 1. The average molecular weight is 461 g/mol. The van der Waals surface area contributed by atoms with Crippen LogP contribution < -0.4 is 10.6 Å². The van der Waals surface area contributed by atoms with Crippen LogP contribution in [-0.2, 0) is 14.3 Å². The Bertz CT molecular complexity index is 1130. The number of carbonyl (C=O) groups excluding carboxylic acids is 2. The summed E-state index contributed by atoms with van der Waals surface area (Å²) in [5.41, 5.74) is 4.13. The number of ether oxygens (including phenoxy) is 1. The summed E-state index contributed by atoms with van der Waals surface area (Å²) in [5, 5.41) is 15.2. The van der Waals surface area contributed by atoms with Crippen molar-refractivity contribution in [2.24, 2.45) is 23.2 Å². The van der Waals surface area contributed by atoms with Crippen LogP contribution in [0.15, 0.2) is 48.5 Å². The summed E-state index contributed by atoms with van der Waals surface area (Å²) in [4.78, 5) is 36.3. The van der Waals surface area contributed by atoms with Crippen molar-refractivity contribution >= 4 is 18.0 Å². The van der Waals surface area contributed by atoms with E-state index in [9.17, 15) is 19.5 Å². The first-order valence-corrected chi connectivity index (χ1v) is 12.1. The van der Waals surface area contributed by atoms with Gasteiger partial charge in [-0.1, -0.05) is 48.5 Å². The van der Waals surface area contributed by atoms with Crippen molar-refractivity contribution in [2.45, 2.75) is 37.6 Å². The zero-order chi connectivity index (χ0) is 23.4. The van der Waals surface area contributed by atoms with Crippen molar-refractivity contribution < 1.29 is 24.2 Å². The molecule has 0 spiro atoms. The van der Waals surface area contributed by atoms with E-state index in [1.807, 2.05) is 24.3 Å². The van der Waals surface area contributed by atoms with Crippen molar-refractivity contribution in [2.75, 3.05) is 13.2 Å². The summed E-state index contributed by atoms with van der Waals surface area (Å²) in [6, 6.07) is 16.4. The molecule has 4 aliphatic carbocycles. The predicted molar refractivity (Wildman–Crippen MR) is 124 cm³/mol. The van der Waals surface area contributed by atoms with Gasteiger partial charge in [0.15, 0.2) is 0 Å². The van der Waals surface area contributed by atoms with Crippen LogP contribution in [0, 0.1) is 23.2 Å². The molecule has 0 aromatic heterocycles. The van der Waals surface area contributed by atoms with Gasteiger partial charge in [0.25, 0.3) is 0 Å². The molecule has 176 valence electrons. The monoisotopic (exact) mass is 460 g/mol. The standard InChI is InChI=1S/C27H28N2O5/c30-24(29-17-10-16-11-27(16,12-17)25(31)32)22-9-15(22)13-28-26(33)34-14-23-20-7-3-1-5-18(20)19-6-2-4-8-21(19)23/h1-8,15-17,22-23H,9-14H2,(H,28,33)(H,29,30)(H,31,32)/t15-,16?,17?,22-,27?/m1/s1. The second-order valence-corrected chi connectivity index (χ2v) is 10.3. The minimum Gasteiger partial charge on any atom is -0.481 e. The van der Waals surface area contributed by atoms with Gasteiger partial charge in [-0.3, -0.25) is 9.59 Å². The molecule has 4 aliphatic rings. The smallest absolute Gasteiger partial charge is 0.407 e. The van der Waals surface area contributed by atoms with Crippen LogP contribution in [0.1, 0.15) is 42.7 Å². The number of fused-ring (bicyclic) bond motifs is 4. The number of carboxylic acids is 1. The molecule has 3 N–H and O–H groups in total. The number of nitrogens with one attached hydrogen (secondary N) is 2. The van der Waals surface area contributed by atoms with E-state index < -0.39 is 17.5 Å². The average Bonchev–Trinajstić information content (AvgIpc) is 3.70. The minimum absolute atomic E-state index is 0.0179. The van der Waals surface area contributed by atoms with E-state index in [0.717, 1.165) is 19.3 Å². The van der Waals surface area contributed by atoms with E-state index in [2.05, 4.69) is 34.9 Å². The summed E-state index contributed by atoms with van der Waals surface area (Å²) >= 11 is 0. The fourth-order valence-corrected chi connectivity index (χ4v) is 6.23. The zero-order valence-electron chi connectivity index (χ0n) is 18.8. The SMILES string of the molecule is O=C(NC[C@H]1C[C@H]1C(=O)NC1CC2CC2(C(=O)O)C1)OCC1c2ccccc2-c2ccccc21. The summed E-state index contributed by atoms with van der Waals surface area (Å²) in [5.74, 6) is -0.543. The third-order valence-electron chi connectivity index (χ3n) is 8.30. The molecule has 0 saturated heterocycles. The van der Waals surface area contributed by atoms with Gasteiger partial charge in [-0.05, 0) is 59.8 Å². The number of alkyl carbamates (subject to hydrolysis) is 1. The molecule has 34 heavy (non-hydrogen) atoms. The van der Waals surface area contributed by atoms with Gasteiger partial charge in [0.05, 0.1) is 5.41 Å². The first kappa shape index (κ1) is 21.2. The van der Waals surface area contributed by atoms with Crippen LogP contribution in [0.5, 0.6) is 0 Å². The molecule has 2 aromatic carbocycles. The van der Waals surface area contributed by atoms with E-state index in [4.69, 9.17) is 4.74 Å². The highest BCUT2D eigenvalue weighted by Gasteiger charge is 2.65. The highest BCUT2D eigenvalue weighted by Crippen LogP contribution is 2.63. The van der Waals surface area contributed by atoms with Crippen molar-refractivity contribution in [1.29, 1.82) is 0 Å². The molecule has 6 rings (SSSR count). The van der Waals surface area contributed by atoms with Crippen molar-refractivity contribution in [3.8, 4) is 11.1 Å². The van der Waals surface area contributed by atoms with Crippen LogP contribution in [-0.4, -0.2) is 42.3 Å². The molecule has 3 saturated carbocycles. The molecule has 3 unspecified atom stereocenters. The van der Waals surface area contributed by atoms with E-state index in [-0.39, 0.29) is 42.2 Å². The molecule has 2 amide bonds. The second kappa shape index (κ2) is 7.86. The Balaban J connectivity index is 0.962. The van der Waals surface area contributed by atoms with E-state index in [1.165, 1.54) is 22.3 Å². The highest BCUT2D eigenvalue weighted by atomic mass is 16.5. The van der Waals surface area contributed by atoms with Crippen molar-refractivity contribution in [1.82, 2.24) is 10.6 Å². The Hall–Kier alpha value is -3.35. The lowest BCUT2D eigenvalue weighted by Crippen LogP contribution is -2.37. The molecule has 0 aliphatic heterocycles. The third kappa shape index (κ3) is 3.54. The fourth-order valence-electron chi connectivity index (χ4n) is 6.23. The molecular weight excluding hydrogens is 432 g/mol. The number of aliphatic carboxylic acids is 1. The quantitative estimate of drug-likeness (QED) is 0.586. The number of benzene rings is 2. The summed E-state index contributed by atoms with van der Waals surface area (Å²) < 4.78 is 5.57. The van der Waals surface area contributed by atoms with Gasteiger partial charge in [-0.2, -0.15) is 0 Å². The lowest BCUT2D eigenvalue weighted by molar-refractivity contribution is -0.143. The fraction of sp³-hybridized carbons (Fsp3) is 0.444.